The summed E-state index contributed by atoms with van der Waals surface area (Å²) < 4.78 is 54.9. The quantitative estimate of drug-likeness (QED) is 0.372. The summed E-state index contributed by atoms with van der Waals surface area (Å²) in [5, 5.41) is 3.43. The number of rotatable bonds is 7. The van der Waals surface area contributed by atoms with Gasteiger partial charge in [-0.2, -0.15) is 13.2 Å². The van der Waals surface area contributed by atoms with Crippen LogP contribution in [0, 0.1) is 0 Å². The van der Waals surface area contributed by atoms with Gasteiger partial charge in [0, 0.05) is 23.8 Å². The van der Waals surface area contributed by atoms with Crippen molar-refractivity contribution in [2.75, 3.05) is 26.9 Å². The van der Waals surface area contributed by atoms with E-state index < -0.39 is 35.4 Å². The second kappa shape index (κ2) is 10.4. The number of H-pyrrole nitrogens is 1. The largest absolute Gasteiger partial charge is 0.508 e. The van der Waals surface area contributed by atoms with Crippen molar-refractivity contribution in [2.24, 2.45) is 0 Å². The molecule has 2 heterocycles. The zero-order chi connectivity index (χ0) is 25.9. The number of ether oxygens (including phenoxy) is 3. The van der Waals surface area contributed by atoms with Gasteiger partial charge in [-0.25, -0.2) is 4.79 Å². The number of methoxy groups -OCH3 is 1. The molecule has 11 heteroatoms. The lowest BCUT2D eigenvalue weighted by molar-refractivity contribution is -0.137. The Kier molecular flexibility index (Phi) is 7.30. The third-order valence-electron chi connectivity index (χ3n) is 5.89. The highest BCUT2D eigenvalue weighted by atomic mass is 19.4. The predicted octanol–water partition coefficient (Wildman–Crippen LogP) is 3.99. The minimum absolute atomic E-state index is 0.0429. The summed E-state index contributed by atoms with van der Waals surface area (Å²) in [5.74, 6) is -0.875. The van der Waals surface area contributed by atoms with Gasteiger partial charge in [0.25, 0.3) is 5.56 Å². The van der Waals surface area contributed by atoms with Crippen LogP contribution in [0.15, 0.2) is 53.3 Å². The van der Waals surface area contributed by atoms with Gasteiger partial charge < -0.3 is 24.5 Å². The van der Waals surface area contributed by atoms with E-state index in [2.05, 4.69) is 10.3 Å². The fraction of sp³-hybridized carbons (Fsp3) is 0.320. The van der Waals surface area contributed by atoms with E-state index in [0.717, 1.165) is 6.07 Å². The van der Waals surface area contributed by atoms with Gasteiger partial charge >= 0.3 is 12.3 Å². The van der Waals surface area contributed by atoms with E-state index in [1.54, 1.807) is 18.2 Å². The average Bonchev–Trinajstić information content (AvgIpc) is 3.22. The van der Waals surface area contributed by atoms with Crippen molar-refractivity contribution in [1.82, 2.24) is 10.3 Å². The number of hydrogen-bond donors (Lipinski definition) is 2. The molecule has 1 fully saturated rings. The van der Waals surface area contributed by atoms with Crippen LogP contribution in [-0.4, -0.2) is 50.0 Å². The number of carbonyl (C=O) groups is 2. The van der Waals surface area contributed by atoms with Gasteiger partial charge in [-0.3, -0.25) is 9.59 Å². The van der Waals surface area contributed by atoms with Crippen LogP contribution in [-0.2, 0) is 25.2 Å². The van der Waals surface area contributed by atoms with Crippen molar-refractivity contribution in [3.05, 3.63) is 70.0 Å². The Balaban J connectivity index is 1.53. The Morgan fingerprint density at radius 3 is 2.58 bits per heavy atom. The third kappa shape index (κ3) is 5.51. The lowest BCUT2D eigenvalue weighted by atomic mass is 9.93. The molecular weight excluding hydrogens is 481 g/mol. The summed E-state index contributed by atoms with van der Waals surface area (Å²) in [6, 6.07) is 10.9. The normalized spacial score (nSPS) is 17.7. The highest BCUT2D eigenvalue weighted by molar-refractivity contribution is 5.90. The molecule has 2 N–H and O–H groups in total. The molecule has 3 aromatic rings. The summed E-state index contributed by atoms with van der Waals surface area (Å²) in [6.45, 7) is 0.198. The van der Waals surface area contributed by atoms with E-state index in [4.69, 9.17) is 14.2 Å². The molecule has 1 unspecified atom stereocenters. The first-order chi connectivity index (χ1) is 17.2. The fourth-order valence-corrected chi connectivity index (χ4v) is 4.17. The van der Waals surface area contributed by atoms with Crippen LogP contribution >= 0.6 is 0 Å². The summed E-state index contributed by atoms with van der Waals surface area (Å²) in [6.07, 6.45) is -5.13. The van der Waals surface area contributed by atoms with Crippen LogP contribution in [0.25, 0.3) is 22.0 Å². The lowest BCUT2D eigenvalue weighted by Gasteiger charge is -2.14. The Labute approximate surface area is 203 Å². The summed E-state index contributed by atoms with van der Waals surface area (Å²) in [7, 11) is 1.47. The Bertz CT molecular complexity index is 1340. The van der Waals surface area contributed by atoms with E-state index in [1.165, 1.54) is 31.4 Å². The number of halogens is 3. The van der Waals surface area contributed by atoms with Gasteiger partial charge in [-0.15, -0.1) is 0 Å². The number of hydrogen-bond acceptors (Lipinski definition) is 6. The SMILES string of the molecule is COCCOC(=O)OCC1C[C@@H](c2ccc3cc(-c4ccccc4C(F)(F)F)[nH]c(=O)c3c2)C(=O)N1. The van der Waals surface area contributed by atoms with Crippen molar-refractivity contribution in [1.29, 1.82) is 0 Å². The van der Waals surface area contributed by atoms with Crippen LogP contribution < -0.4 is 10.9 Å². The molecule has 4 rings (SSSR count). The van der Waals surface area contributed by atoms with Crippen molar-refractivity contribution in [3.8, 4) is 11.3 Å². The van der Waals surface area contributed by atoms with E-state index in [-0.39, 0.29) is 42.4 Å². The highest BCUT2D eigenvalue weighted by Gasteiger charge is 2.35. The first kappa shape index (κ1) is 25.2. The number of nitrogens with one attached hydrogen (secondary N) is 2. The molecule has 190 valence electrons. The molecule has 0 spiro atoms. The monoisotopic (exact) mass is 504 g/mol. The number of carbonyl (C=O) groups excluding carboxylic acids is 2. The number of aromatic amines is 1. The summed E-state index contributed by atoms with van der Waals surface area (Å²) in [4.78, 5) is 39.5. The van der Waals surface area contributed by atoms with Crippen LogP contribution in [0.2, 0.25) is 0 Å². The van der Waals surface area contributed by atoms with Crippen LogP contribution in [0.1, 0.15) is 23.5 Å². The topological polar surface area (TPSA) is 107 Å². The van der Waals surface area contributed by atoms with Crippen LogP contribution in [0.3, 0.4) is 0 Å². The molecule has 2 aromatic carbocycles. The number of amides is 1. The molecule has 1 aliphatic rings. The maximum absolute atomic E-state index is 13.4. The van der Waals surface area contributed by atoms with Crippen molar-refractivity contribution in [3.63, 3.8) is 0 Å². The molecule has 1 aliphatic heterocycles. The third-order valence-corrected chi connectivity index (χ3v) is 5.89. The van der Waals surface area contributed by atoms with Crippen LogP contribution in [0.5, 0.6) is 0 Å². The van der Waals surface area contributed by atoms with Crippen molar-refractivity contribution in [2.45, 2.75) is 24.6 Å². The maximum atomic E-state index is 13.4. The van der Waals surface area contributed by atoms with E-state index >= 15 is 0 Å². The Hall–Kier alpha value is -3.86. The molecule has 1 amide bonds. The van der Waals surface area contributed by atoms with E-state index in [0.29, 0.717) is 17.4 Å². The van der Waals surface area contributed by atoms with Gasteiger partial charge in [-0.1, -0.05) is 30.3 Å². The van der Waals surface area contributed by atoms with Gasteiger partial charge in [0.15, 0.2) is 0 Å². The minimum Gasteiger partial charge on any atom is -0.432 e. The second-order valence-electron chi connectivity index (χ2n) is 8.30. The first-order valence-electron chi connectivity index (χ1n) is 11.1. The summed E-state index contributed by atoms with van der Waals surface area (Å²) >= 11 is 0. The molecule has 0 aliphatic carbocycles. The van der Waals surface area contributed by atoms with Gasteiger partial charge in [0.05, 0.1) is 24.1 Å². The number of alkyl halides is 3. The Morgan fingerprint density at radius 1 is 1.06 bits per heavy atom. The molecule has 36 heavy (non-hydrogen) atoms. The van der Waals surface area contributed by atoms with Gasteiger partial charge in [0.1, 0.15) is 13.2 Å². The highest BCUT2D eigenvalue weighted by Crippen LogP contribution is 2.37. The molecule has 0 bridgehead atoms. The number of pyridine rings is 1. The minimum atomic E-state index is -4.58. The maximum Gasteiger partial charge on any atom is 0.508 e. The Morgan fingerprint density at radius 2 is 1.83 bits per heavy atom. The van der Waals surface area contributed by atoms with Crippen molar-refractivity contribution < 1.29 is 37.0 Å². The summed E-state index contributed by atoms with van der Waals surface area (Å²) in [5.41, 5.74) is -0.944. The molecule has 0 saturated carbocycles. The molecule has 1 saturated heterocycles. The molecule has 2 atom stereocenters. The molecule has 8 nitrogen and oxygen atoms in total. The van der Waals surface area contributed by atoms with Crippen LogP contribution in [0.4, 0.5) is 18.0 Å². The zero-order valence-electron chi connectivity index (χ0n) is 19.2. The molecular formula is C25H23F3N2O6. The molecule has 1 aromatic heterocycles. The number of benzene rings is 2. The smallest absolute Gasteiger partial charge is 0.432 e. The first-order valence-corrected chi connectivity index (χ1v) is 11.1. The van der Waals surface area contributed by atoms with Gasteiger partial charge in [0.2, 0.25) is 5.91 Å². The molecule has 0 radical (unpaired) electrons. The van der Waals surface area contributed by atoms with Crippen molar-refractivity contribution >= 4 is 22.8 Å². The zero-order valence-corrected chi connectivity index (χ0v) is 19.2. The standard InChI is InChI=1S/C25H23F3N2O6/c1-34-8-9-35-24(33)36-13-16-12-19(22(31)29-16)14-6-7-15-11-21(30-23(32)18(15)10-14)17-4-2-3-5-20(17)25(26,27)28/h2-7,10-11,16,19H,8-9,12-13H2,1H3,(H,29,31)(H,30,32)/t16?,19-/m0/s1. The fourth-order valence-electron chi connectivity index (χ4n) is 4.17. The van der Waals surface area contributed by atoms with Gasteiger partial charge in [-0.05, 0) is 35.6 Å². The second-order valence-corrected chi connectivity index (χ2v) is 8.30. The predicted molar refractivity (Wildman–Crippen MR) is 123 cm³/mol. The number of fused-ring (bicyclic) bond motifs is 1. The lowest BCUT2D eigenvalue weighted by Crippen LogP contribution is -2.31. The number of aromatic nitrogens is 1. The average molecular weight is 504 g/mol. The van der Waals surface area contributed by atoms with E-state index in [9.17, 15) is 27.6 Å². The van der Waals surface area contributed by atoms with E-state index in [1.807, 2.05) is 0 Å².